The van der Waals surface area contributed by atoms with Crippen molar-refractivity contribution in [2.24, 2.45) is 0 Å². The first-order chi connectivity index (χ1) is 12.5. The van der Waals surface area contributed by atoms with Crippen LogP contribution >= 0.6 is 0 Å². The Kier molecular flexibility index (Phi) is 3.98. The Labute approximate surface area is 153 Å². The number of amides is 1. The molecule has 134 valence electrons. The summed E-state index contributed by atoms with van der Waals surface area (Å²) in [7, 11) is 1.67. The van der Waals surface area contributed by atoms with Gasteiger partial charge in [0.05, 0.1) is 13.2 Å². The molecular formula is C22H24N2O2. The zero-order valence-electron chi connectivity index (χ0n) is 15.7. The second-order valence-electron chi connectivity index (χ2n) is 7.15. The number of H-pyrrole nitrogens is 1. The molecule has 4 heteroatoms. The monoisotopic (exact) mass is 348 g/mol. The number of likely N-dealkylation sites (tertiary alicyclic amines) is 1. The summed E-state index contributed by atoms with van der Waals surface area (Å²) in [6.07, 6.45) is 0.982. The molecule has 0 spiro atoms. The van der Waals surface area contributed by atoms with Crippen LogP contribution in [0.4, 0.5) is 0 Å². The van der Waals surface area contributed by atoms with E-state index in [-0.39, 0.29) is 11.9 Å². The SMILES string of the molecule is COc1cccc([C@@H]2CCN2C(=O)c2[nH]c3c(C)ccc(C)c3c2C)c1. The van der Waals surface area contributed by atoms with Crippen molar-refractivity contribution in [3.05, 3.63) is 64.3 Å². The van der Waals surface area contributed by atoms with Gasteiger partial charge in [0, 0.05) is 17.4 Å². The lowest BCUT2D eigenvalue weighted by Crippen LogP contribution is -2.45. The molecule has 1 aliphatic heterocycles. The third kappa shape index (κ3) is 2.48. The van der Waals surface area contributed by atoms with Crippen LogP contribution in [0.2, 0.25) is 0 Å². The van der Waals surface area contributed by atoms with Crippen LogP contribution in [0.3, 0.4) is 0 Å². The molecule has 1 atom stereocenters. The third-order valence-electron chi connectivity index (χ3n) is 5.59. The fourth-order valence-corrected chi connectivity index (χ4v) is 3.98. The third-order valence-corrected chi connectivity index (χ3v) is 5.59. The van der Waals surface area contributed by atoms with Crippen molar-refractivity contribution in [2.75, 3.05) is 13.7 Å². The number of ether oxygens (including phenoxy) is 1. The van der Waals surface area contributed by atoms with Crippen molar-refractivity contribution in [1.82, 2.24) is 9.88 Å². The zero-order chi connectivity index (χ0) is 18.4. The number of aromatic nitrogens is 1. The van der Waals surface area contributed by atoms with Gasteiger partial charge in [-0.3, -0.25) is 4.79 Å². The highest BCUT2D eigenvalue weighted by Crippen LogP contribution is 2.37. The lowest BCUT2D eigenvalue weighted by molar-refractivity contribution is 0.0454. The highest BCUT2D eigenvalue weighted by molar-refractivity contribution is 6.03. The van der Waals surface area contributed by atoms with Crippen LogP contribution in [0.1, 0.15) is 45.2 Å². The maximum atomic E-state index is 13.2. The summed E-state index contributed by atoms with van der Waals surface area (Å²) in [5, 5.41) is 1.17. The van der Waals surface area contributed by atoms with Crippen LogP contribution < -0.4 is 4.74 Å². The normalized spacial score (nSPS) is 16.6. The van der Waals surface area contributed by atoms with Crippen LogP contribution in [-0.2, 0) is 0 Å². The predicted octanol–water partition coefficient (Wildman–Crippen LogP) is 4.69. The molecule has 2 heterocycles. The lowest BCUT2D eigenvalue weighted by atomic mass is 9.93. The van der Waals surface area contributed by atoms with Crippen LogP contribution in [-0.4, -0.2) is 29.4 Å². The van der Waals surface area contributed by atoms with Gasteiger partial charge in [0.2, 0.25) is 0 Å². The number of methoxy groups -OCH3 is 1. The first kappa shape index (κ1) is 16.7. The number of rotatable bonds is 3. The molecule has 1 fully saturated rings. The number of aryl methyl sites for hydroxylation is 3. The number of nitrogens with zero attached hydrogens (tertiary/aromatic N) is 1. The number of benzene rings is 2. The lowest BCUT2D eigenvalue weighted by Gasteiger charge is -2.41. The largest absolute Gasteiger partial charge is 0.497 e. The van der Waals surface area contributed by atoms with E-state index in [0.717, 1.165) is 35.4 Å². The highest BCUT2D eigenvalue weighted by atomic mass is 16.5. The molecule has 3 aromatic rings. The molecule has 0 aliphatic carbocycles. The number of hydrogen-bond donors (Lipinski definition) is 1. The number of carbonyl (C=O) groups is 1. The summed E-state index contributed by atoms with van der Waals surface area (Å²) in [5.74, 6) is 0.909. The Morgan fingerprint density at radius 1 is 1.15 bits per heavy atom. The minimum absolute atomic E-state index is 0.0802. The maximum Gasteiger partial charge on any atom is 0.271 e. The van der Waals surface area contributed by atoms with Gasteiger partial charge >= 0.3 is 0 Å². The van der Waals surface area contributed by atoms with E-state index >= 15 is 0 Å². The number of fused-ring (bicyclic) bond motifs is 1. The Bertz CT molecular complexity index is 1000. The van der Waals surface area contributed by atoms with Gasteiger partial charge in [-0.15, -0.1) is 0 Å². The van der Waals surface area contributed by atoms with Gasteiger partial charge in [0.25, 0.3) is 5.91 Å². The van der Waals surface area contributed by atoms with E-state index in [9.17, 15) is 4.79 Å². The Hall–Kier alpha value is -2.75. The van der Waals surface area contributed by atoms with Crippen molar-refractivity contribution in [2.45, 2.75) is 33.2 Å². The van der Waals surface area contributed by atoms with Crippen molar-refractivity contribution in [3.8, 4) is 5.75 Å². The highest BCUT2D eigenvalue weighted by Gasteiger charge is 2.35. The summed E-state index contributed by atoms with van der Waals surface area (Å²) in [5.41, 5.74) is 6.33. The van der Waals surface area contributed by atoms with E-state index in [2.05, 4.69) is 37.0 Å². The number of nitrogens with one attached hydrogen (secondary N) is 1. The molecule has 1 aliphatic rings. The van der Waals surface area contributed by atoms with Crippen LogP contribution in [0.15, 0.2) is 36.4 Å². The minimum atomic E-state index is 0.0802. The Morgan fingerprint density at radius 3 is 2.58 bits per heavy atom. The average molecular weight is 348 g/mol. The molecular weight excluding hydrogens is 324 g/mol. The molecule has 4 nitrogen and oxygen atoms in total. The van der Waals surface area contributed by atoms with Gasteiger partial charge in [0.15, 0.2) is 0 Å². The van der Waals surface area contributed by atoms with Crippen molar-refractivity contribution < 1.29 is 9.53 Å². The van der Waals surface area contributed by atoms with Crippen LogP contribution in [0.25, 0.3) is 10.9 Å². The average Bonchev–Trinajstić information content (AvgIpc) is 2.96. The summed E-state index contributed by atoms with van der Waals surface area (Å²) < 4.78 is 5.33. The summed E-state index contributed by atoms with van der Waals surface area (Å²) in [6.45, 7) is 7.00. The van der Waals surface area contributed by atoms with Gasteiger partial charge in [-0.25, -0.2) is 0 Å². The fourth-order valence-electron chi connectivity index (χ4n) is 3.98. The molecule has 0 bridgehead atoms. The second kappa shape index (κ2) is 6.20. The topological polar surface area (TPSA) is 45.3 Å². The molecule has 2 aromatic carbocycles. The van der Waals surface area contributed by atoms with Gasteiger partial charge in [0.1, 0.15) is 11.4 Å². The molecule has 1 saturated heterocycles. The maximum absolute atomic E-state index is 13.2. The van der Waals surface area contributed by atoms with Crippen LogP contribution in [0.5, 0.6) is 5.75 Å². The van der Waals surface area contributed by atoms with E-state index in [0.29, 0.717) is 5.69 Å². The number of hydrogen-bond acceptors (Lipinski definition) is 2. The summed E-state index contributed by atoms with van der Waals surface area (Å²) in [4.78, 5) is 18.6. The predicted molar refractivity (Wildman–Crippen MR) is 104 cm³/mol. The first-order valence-electron chi connectivity index (χ1n) is 9.04. The number of carbonyl (C=O) groups excluding carboxylic acids is 1. The second-order valence-corrected chi connectivity index (χ2v) is 7.15. The van der Waals surface area contributed by atoms with Crippen molar-refractivity contribution >= 4 is 16.8 Å². The molecule has 0 radical (unpaired) electrons. The van der Waals surface area contributed by atoms with Crippen molar-refractivity contribution in [3.63, 3.8) is 0 Å². The first-order valence-corrected chi connectivity index (χ1v) is 9.04. The van der Waals surface area contributed by atoms with E-state index < -0.39 is 0 Å². The zero-order valence-corrected chi connectivity index (χ0v) is 15.7. The van der Waals surface area contributed by atoms with Gasteiger partial charge in [-0.05, 0) is 61.6 Å². The van der Waals surface area contributed by atoms with Crippen molar-refractivity contribution in [1.29, 1.82) is 0 Å². The summed E-state index contributed by atoms with van der Waals surface area (Å²) in [6, 6.07) is 12.3. The standard InChI is InChI=1S/C22H24N2O2/c1-13-8-9-14(2)20-19(13)15(3)21(23-20)22(25)24-11-10-18(24)16-6-5-7-17(12-16)26-4/h5-9,12,18,23H,10-11H2,1-4H3/t18-/m0/s1. The van der Waals surface area contributed by atoms with Gasteiger partial charge in [-0.1, -0.05) is 24.3 Å². The molecule has 1 aromatic heterocycles. The van der Waals surface area contributed by atoms with E-state index in [1.807, 2.05) is 30.0 Å². The van der Waals surface area contributed by atoms with E-state index in [1.165, 1.54) is 16.5 Å². The van der Waals surface area contributed by atoms with Crippen LogP contribution in [0, 0.1) is 20.8 Å². The molecule has 26 heavy (non-hydrogen) atoms. The van der Waals surface area contributed by atoms with E-state index in [1.54, 1.807) is 7.11 Å². The molecule has 1 N–H and O–H groups in total. The molecule has 1 amide bonds. The van der Waals surface area contributed by atoms with E-state index in [4.69, 9.17) is 4.74 Å². The number of aromatic amines is 1. The fraction of sp³-hybridized carbons (Fsp3) is 0.318. The Balaban J connectivity index is 1.70. The smallest absolute Gasteiger partial charge is 0.271 e. The molecule has 4 rings (SSSR count). The quantitative estimate of drug-likeness (QED) is 0.746. The molecule has 0 unspecified atom stereocenters. The minimum Gasteiger partial charge on any atom is -0.497 e. The Morgan fingerprint density at radius 2 is 1.92 bits per heavy atom. The summed E-state index contributed by atoms with van der Waals surface area (Å²) >= 11 is 0. The van der Waals surface area contributed by atoms with Gasteiger partial charge in [-0.2, -0.15) is 0 Å². The molecule has 0 saturated carbocycles. The van der Waals surface area contributed by atoms with Gasteiger partial charge < -0.3 is 14.6 Å².